The molecule has 142 valence electrons. The molecule has 0 amide bonds. The molecule has 6 heteroatoms. The molecule has 2 N–H and O–H groups in total. The fourth-order valence-electron chi connectivity index (χ4n) is 4.43. The second-order valence-corrected chi connectivity index (χ2v) is 7.21. The Morgan fingerprint density at radius 1 is 1.21 bits per heavy atom. The van der Waals surface area contributed by atoms with Gasteiger partial charge in [0.2, 0.25) is 0 Å². The van der Waals surface area contributed by atoms with Crippen LogP contribution in [0, 0.1) is 45.3 Å². The highest BCUT2D eigenvalue weighted by Gasteiger charge is 2.54. The quantitative estimate of drug-likeness (QED) is 0.869. The number of methoxy groups -OCH3 is 1. The van der Waals surface area contributed by atoms with E-state index in [1.165, 1.54) is 0 Å². The maximum Gasteiger partial charge on any atom is 0.191 e. The Morgan fingerprint density at radius 3 is 2.43 bits per heavy atom. The fourth-order valence-corrected chi connectivity index (χ4v) is 4.43. The number of nitrogens with two attached hydrogens (primary N) is 1. The zero-order valence-electron chi connectivity index (χ0n) is 16.1. The van der Waals surface area contributed by atoms with Gasteiger partial charge in [-0.05, 0) is 36.2 Å². The van der Waals surface area contributed by atoms with Gasteiger partial charge in [0.15, 0.2) is 5.41 Å². The molecular formula is C22H23N5O. The van der Waals surface area contributed by atoms with E-state index in [0.29, 0.717) is 12.3 Å². The molecule has 0 fully saturated rings. The first-order valence-corrected chi connectivity index (χ1v) is 9.35. The largest absolute Gasteiger partial charge is 0.497 e. The van der Waals surface area contributed by atoms with Crippen molar-refractivity contribution in [2.75, 3.05) is 26.7 Å². The summed E-state index contributed by atoms with van der Waals surface area (Å²) >= 11 is 0. The predicted octanol–water partition coefficient (Wildman–Crippen LogP) is 2.83. The third-order valence-corrected chi connectivity index (χ3v) is 5.75. The highest BCUT2D eigenvalue weighted by atomic mass is 16.5. The number of allylic oxidation sites excluding steroid dienone is 2. The molecule has 0 spiro atoms. The third kappa shape index (κ3) is 2.91. The first-order chi connectivity index (χ1) is 13.6. The zero-order valence-corrected chi connectivity index (χ0v) is 16.1. The summed E-state index contributed by atoms with van der Waals surface area (Å²) in [6.45, 7) is 4.46. The topological polar surface area (TPSA) is 110 Å². The lowest BCUT2D eigenvalue weighted by Crippen LogP contribution is -2.48. The summed E-state index contributed by atoms with van der Waals surface area (Å²) in [5.41, 5.74) is 6.77. The minimum absolute atomic E-state index is 0.0623. The lowest BCUT2D eigenvalue weighted by Gasteiger charge is -2.45. The maximum atomic E-state index is 10.1. The molecule has 0 bridgehead atoms. The molecule has 6 nitrogen and oxygen atoms in total. The molecule has 0 aromatic heterocycles. The Labute approximate surface area is 165 Å². The minimum atomic E-state index is -1.59. The number of hydrogen-bond donors (Lipinski definition) is 1. The van der Waals surface area contributed by atoms with Crippen LogP contribution in [-0.2, 0) is 0 Å². The molecule has 1 aliphatic heterocycles. The molecule has 2 atom stereocenters. The number of nitrogens with zero attached hydrogens (tertiary/aromatic N) is 4. The van der Waals surface area contributed by atoms with E-state index in [0.717, 1.165) is 30.6 Å². The van der Waals surface area contributed by atoms with Gasteiger partial charge in [0.1, 0.15) is 11.8 Å². The van der Waals surface area contributed by atoms with Gasteiger partial charge < -0.3 is 10.5 Å². The van der Waals surface area contributed by atoms with E-state index in [2.05, 4.69) is 30.0 Å². The van der Waals surface area contributed by atoms with Crippen molar-refractivity contribution in [2.45, 2.75) is 19.3 Å². The van der Waals surface area contributed by atoms with Gasteiger partial charge in [-0.1, -0.05) is 25.1 Å². The Balaban J connectivity index is 2.23. The van der Waals surface area contributed by atoms with Crippen molar-refractivity contribution in [3.8, 4) is 24.0 Å². The monoisotopic (exact) mass is 373 g/mol. The summed E-state index contributed by atoms with van der Waals surface area (Å²) in [5.74, 6) is 0.0821. The van der Waals surface area contributed by atoms with Gasteiger partial charge in [-0.15, -0.1) is 0 Å². The van der Waals surface area contributed by atoms with E-state index in [-0.39, 0.29) is 17.2 Å². The average Bonchev–Trinajstić information content (AvgIpc) is 2.73. The van der Waals surface area contributed by atoms with E-state index in [4.69, 9.17) is 10.5 Å². The molecule has 3 rings (SSSR count). The second-order valence-electron chi connectivity index (χ2n) is 7.21. The molecule has 0 unspecified atom stereocenters. The zero-order chi connectivity index (χ0) is 20.3. The van der Waals surface area contributed by atoms with Crippen molar-refractivity contribution in [2.24, 2.45) is 17.1 Å². The van der Waals surface area contributed by atoms with Crippen LogP contribution < -0.4 is 10.5 Å². The van der Waals surface area contributed by atoms with E-state index < -0.39 is 11.3 Å². The van der Waals surface area contributed by atoms with Crippen LogP contribution in [-0.4, -0.2) is 31.6 Å². The van der Waals surface area contributed by atoms with Gasteiger partial charge in [0.05, 0.1) is 30.5 Å². The van der Waals surface area contributed by atoms with Gasteiger partial charge in [-0.2, -0.15) is 15.8 Å². The van der Waals surface area contributed by atoms with Crippen molar-refractivity contribution in [3.05, 3.63) is 52.7 Å². The Hall–Kier alpha value is -3.27. The summed E-state index contributed by atoms with van der Waals surface area (Å²) in [5, 5.41) is 29.9. The Bertz CT molecular complexity index is 925. The van der Waals surface area contributed by atoms with Crippen LogP contribution in [0.3, 0.4) is 0 Å². The number of fused-ring (bicyclic) bond motifs is 1. The van der Waals surface area contributed by atoms with Crippen molar-refractivity contribution in [3.63, 3.8) is 0 Å². The molecule has 1 aromatic carbocycles. The lowest BCUT2D eigenvalue weighted by molar-refractivity contribution is 0.207. The second kappa shape index (κ2) is 7.77. The summed E-state index contributed by atoms with van der Waals surface area (Å²) in [4.78, 5) is 2.29. The first kappa shape index (κ1) is 19.5. The van der Waals surface area contributed by atoms with E-state index >= 15 is 0 Å². The average molecular weight is 373 g/mol. The van der Waals surface area contributed by atoms with Crippen molar-refractivity contribution < 1.29 is 4.74 Å². The fraction of sp³-hybridized carbons (Fsp3) is 0.409. The number of ether oxygens (including phenoxy) is 1. The van der Waals surface area contributed by atoms with Crippen LogP contribution in [0.15, 0.2) is 47.2 Å². The summed E-state index contributed by atoms with van der Waals surface area (Å²) < 4.78 is 5.25. The molecule has 2 aliphatic rings. The highest BCUT2D eigenvalue weighted by Crippen LogP contribution is 2.54. The number of hydrogen-bond acceptors (Lipinski definition) is 6. The number of rotatable bonds is 4. The van der Waals surface area contributed by atoms with Crippen LogP contribution in [0.4, 0.5) is 0 Å². The molecular weight excluding hydrogens is 350 g/mol. The Kier molecular flexibility index (Phi) is 5.41. The van der Waals surface area contributed by atoms with Gasteiger partial charge in [-0.3, -0.25) is 4.90 Å². The van der Waals surface area contributed by atoms with Gasteiger partial charge in [-0.25, -0.2) is 0 Å². The van der Waals surface area contributed by atoms with Crippen molar-refractivity contribution in [1.82, 2.24) is 4.90 Å². The SMILES string of the molecule is CCCN1CC=C2C(C#N)=C(N)C(C#N)(C#N)[C@@H](c3ccc(OC)cc3)[C@@H]2C1. The van der Waals surface area contributed by atoms with Crippen LogP contribution in [0.1, 0.15) is 24.8 Å². The van der Waals surface area contributed by atoms with E-state index in [1.807, 2.05) is 30.3 Å². The van der Waals surface area contributed by atoms with E-state index in [1.54, 1.807) is 7.11 Å². The number of benzene rings is 1. The van der Waals surface area contributed by atoms with Gasteiger partial charge in [0, 0.05) is 24.9 Å². The maximum absolute atomic E-state index is 10.1. The van der Waals surface area contributed by atoms with Gasteiger partial charge >= 0.3 is 0 Å². The van der Waals surface area contributed by atoms with E-state index in [9.17, 15) is 15.8 Å². The number of nitriles is 3. The smallest absolute Gasteiger partial charge is 0.191 e. The molecule has 28 heavy (non-hydrogen) atoms. The van der Waals surface area contributed by atoms with Crippen molar-refractivity contribution >= 4 is 0 Å². The lowest BCUT2D eigenvalue weighted by atomic mass is 9.58. The molecule has 0 radical (unpaired) electrons. The van der Waals surface area contributed by atoms with Crippen LogP contribution in [0.5, 0.6) is 5.75 Å². The molecule has 1 aromatic rings. The summed E-state index contributed by atoms with van der Waals surface area (Å²) in [6.07, 6.45) is 3.04. The molecule has 1 aliphatic carbocycles. The normalized spacial score (nSPS) is 23.6. The van der Waals surface area contributed by atoms with Crippen LogP contribution in [0.2, 0.25) is 0 Å². The molecule has 0 saturated heterocycles. The van der Waals surface area contributed by atoms with Crippen LogP contribution in [0.25, 0.3) is 0 Å². The molecule has 1 heterocycles. The Morgan fingerprint density at radius 2 is 1.89 bits per heavy atom. The van der Waals surface area contributed by atoms with Crippen LogP contribution >= 0.6 is 0 Å². The first-order valence-electron chi connectivity index (χ1n) is 9.35. The standard InChI is InChI=1S/C22H23N5O/c1-3-9-27-10-8-17-18(11-23)21(26)22(13-24,14-25)20(19(17)12-27)15-4-6-16(28-2)7-5-15/h4-8,19-20H,3,9-10,12,26H2,1-2H3/t19-,20+/m1/s1. The van der Waals surface area contributed by atoms with Crippen molar-refractivity contribution in [1.29, 1.82) is 15.8 Å². The third-order valence-electron chi connectivity index (χ3n) is 5.75. The molecule has 0 saturated carbocycles. The summed E-state index contributed by atoms with van der Waals surface area (Å²) in [6, 6.07) is 13.9. The van der Waals surface area contributed by atoms with Gasteiger partial charge in [0.25, 0.3) is 0 Å². The summed E-state index contributed by atoms with van der Waals surface area (Å²) in [7, 11) is 1.59. The predicted molar refractivity (Wildman–Crippen MR) is 105 cm³/mol. The highest BCUT2D eigenvalue weighted by molar-refractivity contribution is 5.59. The minimum Gasteiger partial charge on any atom is -0.497 e.